The summed E-state index contributed by atoms with van der Waals surface area (Å²) in [6, 6.07) is 4.86. The van der Waals surface area contributed by atoms with Crippen LogP contribution in [0.25, 0.3) is 11.0 Å². The van der Waals surface area contributed by atoms with Gasteiger partial charge in [0.2, 0.25) is 0 Å². The van der Waals surface area contributed by atoms with E-state index in [2.05, 4.69) is 26.7 Å². The van der Waals surface area contributed by atoms with Crippen LogP contribution in [0, 0.1) is 5.82 Å². The van der Waals surface area contributed by atoms with E-state index < -0.39 is 0 Å². The van der Waals surface area contributed by atoms with Crippen molar-refractivity contribution in [2.45, 2.75) is 26.4 Å². The van der Waals surface area contributed by atoms with Crippen molar-refractivity contribution in [3.63, 3.8) is 0 Å². The smallest absolute Gasteiger partial charge is 0.125 e. The molecule has 3 rings (SSSR count). The van der Waals surface area contributed by atoms with E-state index in [0.717, 1.165) is 56.1 Å². The van der Waals surface area contributed by atoms with Gasteiger partial charge in [-0.1, -0.05) is 0 Å². The molecule has 0 atom stereocenters. The van der Waals surface area contributed by atoms with Gasteiger partial charge >= 0.3 is 0 Å². The van der Waals surface area contributed by atoms with Crippen LogP contribution in [0.5, 0.6) is 0 Å². The Bertz CT molecular complexity index is 585. The first kappa shape index (κ1) is 13.5. The zero-order valence-corrected chi connectivity index (χ0v) is 11.9. The standard InChI is InChI=1S/C15H21FN4/c1-2-20-14-5-4-12(16)10-13(14)18-15(20)11-19-8-3-6-17-7-9-19/h4-5,10,17H,2-3,6-9,11H2,1H3. The molecule has 0 radical (unpaired) electrons. The molecule has 0 saturated carbocycles. The Hall–Kier alpha value is -1.46. The molecule has 1 aromatic carbocycles. The highest BCUT2D eigenvalue weighted by Gasteiger charge is 2.15. The zero-order chi connectivity index (χ0) is 13.9. The molecule has 0 spiro atoms. The van der Waals surface area contributed by atoms with Crippen LogP contribution in [0.15, 0.2) is 18.2 Å². The molecule has 20 heavy (non-hydrogen) atoms. The van der Waals surface area contributed by atoms with Gasteiger partial charge < -0.3 is 9.88 Å². The van der Waals surface area contributed by atoms with E-state index in [1.165, 1.54) is 18.6 Å². The molecule has 1 N–H and O–H groups in total. The molecule has 0 bridgehead atoms. The lowest BCUT2D eigenvalue weighted by atomic mass is 10.3. The Morgan fingerprint density at radius 3 is 3.05 bits per heavy atom. The van der Waals surface area contributed by atoms with Crippen LogP contribution in [-0.4, -0.2) is 40.6 Å². The molecule has 1 saturated heterocycles. The summed E-state index contributed by atoms with van der Waals surface area (Å²) in [7, 11) is 0. The molecule has 1 aliphatic heterocycles. The fraction of sp³-hybridized carbons (Fsp3) is 0.533. The molecule has 1 fully saturated rings. The second-order valence-corrected chi connectivity index (χ2v) is 5.29. The maximum atomic E-state index is 13.3. The highest BCUT2D eigenvalue weighted by Crippen LogP contribution is 2.19. The van der Waals surface area contributed by atoms with Crippen molar-refractivity contribution in [3.05, 3.63) is 29.8 Å². The maximum absolute atomic E-state index is 13.3. The monoisotopic (exact) mass is 276 g/mol. The minimum absolute atomic E-state index is 0.219. The largest absolute Gasteiger partial charge is 0.327 e. The summed E-state index contributed by atoms with van der Waals surface area (Å²) in [5, 5.41) is 3.41. The summed E-state index contributed by atoms with van der Waals surface area (Å²) in [5.74, 6) is 0.818. The molecule has 108 valence electrons. The number of fused-ring (bicyclic) bond motifs is 1. The lowest BCUT2D eigenvalue weighted by Crippen LogP contribution is -2.29. The molecule has 2 aromatic rings. The number of rotatable bonds is 3. The second kappa shape index (κ2) is 5.89. The van der Waals surface area contributed by atoms with E-state index in [1.807, 2.05) is 6.07 Å². The normalized spacial score (nSPS) is 17.5. The molecular formula is C15H21FN4. The SMILES string of the molecule is CCn1c(CN2CCCNCC2)nc2cc(F)ccc21. The zero-order valence-electron chi connectivity index (χ0n) is 11.9. The van der Waals surface area contributed by atoms with Crippen LogP contribution in [0.4, 0.5) is 4.39 Å². The van der Waals surface area contributed by atoms with Crippen molar-refractivity contribution in [1.82, 2.24) is 19.8 Å². The van der Waals surface area contributed by atoms with Gasteiger partial charge in [0.25, 0.3) is 0 Å². The average Bonchev–Trinajstić information content (AvgIpc) is 2.61. The van der Waals surface area contributed by atoms with Crippen LogP contribution in [0.2, 0.25) is 0 Å². The first-order valence-corrected chi connectivity index (χ1v) is 7.35. The molecular weight excluding hydrogens is 255 g/mol. The minimum Gasteiger partial charge on any atom is -0.327 e. The first-order valence-electron chi connectivity index (χ1n) is 7.35. The maximum Gasteiger partial charge on any atom is 0.125 e. The number of hydrogen-bond donors (Lipinski definition) is 1. The Morgan fingerprint density at radius 2 is 2.20 bits per heavy atom. The predicted molar refractivity (Wildman–Crippen MR) is 78.1 cm³/mol. The van der Waals surface area contributed by atoms with Crippen molar-refractivity contribution in [1.29, 1.82) is 0 Å². The van der Waals surface area contributed by atoms with Gasteiger partial charge in [0.15, 0.2) is 0 Å². The molecule has 5 heteroatoms. The van der Waals surface area contributed by atoms with Gasteiger partial charge in [0.1, 0.15) is 11.6 Å². The number of aryl methyl sites for hydroxylation is 1. The fourth-order valence-electron chi connectivity index (χ4n) is 2.89. The van der Waals surface area contributed by atoms with Gasteiger partial charge in [-0.25, -0.2) is 9.37 Å². The lowest BCUT2D eigenvalue weighted by molar-refractivity contribution is 0.274. The Labute approximate surface area is 118 Å². The van der Waals surface area contributed by atoms with Crippen LogP contribution >= 0.6 is 0 Å². The highest BCUT2D eigenvalue weighted by molar-refractivity contribution is 5.76. The van der Waals surface area contributed by atoms with Crippen LogP contribution in [-0.2, 0) is 13.1 Å². The average molecular weight is 276 g/mol. The van der Waals surface area contributed by atoms with Crippen molar-refractivity contribution < 1.29 is 4.39 Å². The van der Waals surface area contributed by atoms with E-state index in [1.54, 1.807) is 0 Å². The third-order valence-electron chi connectivity index (χ3n) is 3.90. The lowest BCUT2D eigenvalue weighted by Gasteiger charge is -2.19. The highest BCUT2D eigenvalue weighted by atomic mass is 19.1. The number of nitrogens with zero attached hydrogens (tertiary/aromatic N) is 3. The molecule has 2 heterocycles. The van der Waals surface area contributed by atoms with Crippen LogP contribution in [0.1, 0.15) is 19.2 Å². The summed E-state index contributed by atoms with van der Waals surface area (Å²) in [4.78, 5) is 7.05. The fourth-order valence-corrected chi connectivity index (χ4v) is 2.89. The summed E-state index contributed by atoms with van der Waals surface area (Å²) in [6.07, 6.45) is 1.17. The van der Waals surface area contributed by atoms with Crippen molar-refractivity contribution >= 4 is 11.0 Å². The van der Waals surface area contributed by atoms with Crippen molar-refractivity contribution in [3.8, 4) is 0 Å². The van der Waals surface area contributed by atoms with Gasteiger partial charge in [-0.2, -0.15) is 0 Å². The summed E-state index contributed by atoms with van der Waals surface area (Å²) >= 11 is 0. The van der Waals surface area contributed by atoms with Gasteiger partial charge in [-0.15, -0.1) is 0 Å². The van der Waals surface area contributed by atoms with Gasteiger partial charge in [0, 0.05) is 25.7 Å². The number of imidazole rings is 1. The van der Waals surface area contributed by atoms with Crippen LogP contribution in [0.3, 0.4) is 0 Å². The summed E-state index contributed by atoms with van der Waals surface area (Å²) < 4.78 is 15.5. The van der Waals surface area contributed by atoms with Gasteiger partial charge in [0.05, 0.1) is 17.6 Å². The number of aromatic nitrogens is 2. The van der Waals surface area contributed by atoms with E-state index in [0.29, 0.717) is 0 Å². The Kier molecular flexibility index (Phi) is 3.98. The van der Waals surface area contributed by atoms with Crippen molar-refractivity contribution in [2.24, 2.45) is 0 Å². The molecule has 0 unspecified atom stereocenters. The quantitative estimate of drug-likeness (QED) is 0.930. The molecule has 0 amide bonds. The number of nitrogens with one attached hydrogen (secondary N) is 1. The van der Waals surface area contributed by atoms with E-state index >= 15 is 0 Å². The number of hydrogen-bond acceptors (Lipinski definition) is 3. The van der Waals surface area contributed by atoms with E-state index in [4.69, 9.17) is 0 Å². The topological polar surface area (TPSA) is 33.1 Å². The molecule has 1 aliphatic rings. The van der Waals surface area contributed by atoms with Gasteiger partial charge in [-0.3, -0.25) is 4.90 Å². The van der Waals surface area contributed by atoms with Crippen LogP contribution < -0.4 is 5.32 Å². The predicted octanol–water partition coefficient (Wildman–Crippen LogP) is 1.99. The third kappa shape index (κ3) is 2.69. The Morgan fingerprint density at radius 1 is 1.30 bits per heavy atom. The van der Waals surface area contributed by atoms with E-state index in [-0.39, 0.29) is 5.82 Å². The Balaban J connectivity index is 1.89. The molecule has 4 nitrogen and oxygen atoms in total. The van der Waals surface area contributed by atoms with Gasteiger partial charge in [-0.05, 0) is 38.6 Å². The minimum atomic E-state index is -0.219. The molecule has 0 aliphatic carbocycles. The number of benzene rings is 1. The summed E-state index contributed by atoms with van der Waals surface area (Å²) in [6.45, 7) is 8.07. The number of halogens is 1. The molecule has 1 aromatic heterocycles. The van der Waals surface area contributed by atoms with Crippen molar-refractivity contribution in [2.75, 3.05) is 26.2 Å². The third-order valence-corrected chi connectivity index (χ3v) is 3.90. The second-order valence-electron chi connectivity index (χ2n) is 5.29. The first-order chi connectivity index (χ1) is 9.78. The summed E-state index contributed by atoms with van der Waals surface area (Å²) in [5.41, 5.74) is 1.78. The van der Waals surface area contributed by atoms with E-state index in [9.17, 15) is 4.39 Å².